The lowest BCUT2D eigenvalue weighted by molar-refractivity contribution is -0.123. The summed E-state index contributed by atoms with van der Waals surface area (Å²) in [4.78, 5) is 14.9. The second-order valence-electron chi connectivity index (χ2n) is 7.37. The quantitative estimate of drug-likeness (QED) is 0.844. The molecule has 0 radical (unpaired) electrons. The fraction of sp³-hybridized carbons (Fsp3) is 0.650. The van der Waals surface area contributed by atoms with E-state index in [1.807, 2.05) is 30.8 Å². The first-order valence-electron chi connectivity index (χ1n) is 9.39. The molecule has 0 bridgehead atoms. The highest BCUT2D eigenvalue weighted by molar-refractivity contribution is 7.99. The van der Waals surface area contributed by atoms with Gasteiger partial charge in [0, 0.05) is 36.7 Å². The maximum Gasteiger partial charge on any atom is 0.258 e. The number of rotatable bonds is 6. The second kappa shape index (κ2) is 8.45. The number of nitrogens with one attached hydrogen (secondary N) is 1. The largest absolute Gasteiger partial charge is 0.484 e. The lowest BCUT2D eigenvalue weighted by Crippen LogP contribution is -2.56. The van der Waals surface area contributed by atoms with Gasteiger partial charge < -0.3 is 10.1 Å². The van der Waals surface area contributed by atoms with Crippen LogP contribution >= 0.6 is 11.8 Å². The number of benzene rings is 1. The number of carbonyl (C=O) groups is 1. The SMILES string of the molecule is Cc1ccc(OCC(=O)NCC2(N3CCSCC3)CCCC2)c(C)c1. The van der Waals surface area contributed by atoms with Crippen molar-refractivity contribution in [1.29, 1.82) is 0 Å². The van der Waals surface area contributed by atoms with E-state index in [1.54, 1.807) is 0 Å². The molecule has 1 aromatic carbocycles. The van der Waals surface area contributed by atoms with Crippen LogP contribution in [0.5, 0.6) is 5.75 Å². The maximum atomic E-state index is 12.3. The zero-order valence-corrected chi connectivity index (χ0v) is 16.3. The molecule has 4 nitrogen and oxygen atoms in total. The Morgan fingerprint density at radius 1 is 1.24 bits per heavy atom. The van der Waals surface area contributed by atoms with Crippen molar-refractivity contribution in [2.24, 2.45) is 0 Å². The summed E-state index contributed by atoms with van der Waals surface area (Å²) in [5.41, 5.74) is 2.46. The first-order valence-corrected chi connectivity index (χ1v) is 10.5. The highest BCUT2D eigenvalue weighted by Gasteiger charge is 2.40. The Balaban J connectivity index is 1.51. The molecule has 1 amide bonds. The third-order valence-electron chi connectivity index (χ3n) is 5.52. The summed E-state index contributed by atoms with van der Waals surface area (Å²) in [6, 6.07) is 6.04. The van der Waals surface area contributed by atoms with Crippen LogP contribution < -0.4 is 10.1 Å². The average Bonchev–Trinajstić information content (AvgIpc) is 3.10. The summed E-state index contributed by atoms with van der Waals surface area (Å²) in [5, 5.41) is 3.15. The molecule has 1 saturated heterocycles. The van der Waals surface area contributed by atoms with E-state index in [0.29, 0.717) is 0 Å². The molecule has 0 unspecified atom stereocenters. The van der Waals surface area contributed by atoms with Crippen LogP contribution in [0.3, 0.4) is 0 Å². The van der Waals surface area contributed by atoms with Crippen LogP contribution in [0.4, 0.5) is 0 Å². The average molecular weight is 363 g/mol. The molecule has 1 aliphatic heterocycles. The van der Waals surface area contributed by atoms with E-state index < -0.39 is 0 Å². The third-order valence-corrected chi connectivity index (χ3v) is 6.46. The van der Waals surface area contributed by atoms with Gasteiger partial charge in [0.25, 0.3) is 5.91 Å². The van der Waals surface area contributed by atoms with E-state index in [1.165, 1.54) is 42.8 Å². The highest BCUT2D eigenvalue weighted by atomic mass is 32.2. The molecule has 1 saturated carbocycles. The summed E-state index contributed by atoms with van der Waals surface area (Å²) in [5.74, 6) is 3.21. The summed E-state index contributed by atoms with van der Waals surface area (Å²) in [7, 11) is 0. The molecular formula is C20H30N2O2S. The minimum Gasteiger partial charge on any atom is -0.484 e. The van der Waals surface area contributed by atoms with Crippen molar-refractivity contribution in [1.82, 2.24) is 10.2 Å². The number of ether oxygens (including phenoxy) is 1. The fourth-order valence-corrected chi connectivity index (χ4v) is 5.00. The van der Waals surface area contributed by atoms with Gasteiger partial charge in [-0.25, -0.2) is 0 Å². The molecule has 0 spiro atoms. The minimum absolute atomic E-state index is 0.0161. The van der Waals surface area contributed by atoms with Crippen LogP contribution in [0.1, 0.15) is 36.8 Å². The number of amides is 1. The van der Waals surface area contributed by atoms with Gasteiger partial charge in [-0.1, -0.05) is 30.5 Å². The lowest BCUT2D eigenvalue weighted by Gasteiger charge is -2.43. The Kier molecular flexibility index (Phi) is 6.29. The Hall–Kier alpha value is -1.20. The van der Waals surface area contributed by atoms with E-state index in [-0.39, 0.29) is 18.1 Å². The number of thioether (sulfide) groups is 1. The molecule has 0 aromatic heterocycles. The molecule has 138 valence electrons. The van der Waals surface area contributed by atoms with Gasteiger partial charge in [-0.15, -0.1) is 0 Å². The molecule has 0 atom stereocenters. The number of hydrogen-bond acceptors (Lipinski definition) is 4. The van der Waals surface area contributed by atoms with E-state index in [9.17, 15) is 4.79 Å². The summed E-state index contributed by atoms with van der Waals surface area (Å²) >= 11 is 2.04. The van der Waals surface area contributed by atoms with Crippen LogP contribution in [0.2, 0.25) is 0 Å². The Morgan fingerprint density at radius 2 is 1.96 bits per heavy atom. The van der Waals surface area contributed by atoms with Crippen molar-refractivity contribution < 1.29 is 9.53 Å². The molecule has 2 fully saturated rings. The van der Waals surface area contributed by atoms with Crippen molar-refractivity contribution >= 4 is 17.7 Å². The predicted molar refractivity (Wildman–Crippen MR) is 105 cm³/mol. The van der Waals surface area contributed by atoms with Crippen LogP contribution in [-0.2, 0) is 4.79 Å². The van der Waals surface area contributed by atoms with Crippen molar-refractivity contribution in [3.8, 4) is 5.75 Å². The summed E-state index contributed by atoms with van der Waals surface area (Å²) in [6.45, 7) is 7.23. The second-order valence-corrected chi connectivity index (χ2v) is 8.59. The lowest BCUT2D eigenvalue weighted by atomic mass is 9.94. The minimum atomic E-state index is -0.0161. The highest BCUT2D eigenvalue weighted by Crippen LogP contribution is 2.36. The van der Waals surface area contributed by atoms with E-state index >= 15 is 0 Å². The van der Waals surface area contributed by atoms with Gasteiger partial charge in [0.2, 0.25) is 0 Å². The monoisotopic (exact) mass is 362 g/mol. The first-order chi connectivity index (χ1) is 12.1. The summed E-state index contributed by atoms with van der Waals surface area (Å²) < 4.78 is 5.72. The smallest absolute Gasteiger partial charge is 0.258 e. The van der Waals surface area contributed by atoms with E-state index in [0.717, 1.165) is 30.9 Å². The van der Waals surface area contributed by atoms with Gasteiger partial charge in [0.05, 0.1) is 0 Å². The fourth-order valence-electron chi connectivity index (χ4n) is 4.09. The summed E-state index contributed by atoms with van der Waals surface area (Å²) in [6.07, 6.45) is 4.96. The Bertz CT molecular complexity index is 593. The van der Waals surface area contributed by atoms with Crippen molar-refractivity contribution in [2.45, 2.75) is 45.1 Å². The van der Waals surface area contributed by atoms with Crippen LogP contribution in [-0.4, -0.2) is 54.1 Å². The normalized spacial score (nSPS) is 20.4. The molecule has 1 N–H and O–H groups in total. The van der Waals surface area contributed by atoms with E-state index in [2.05, 4.69) is 23.2 Å². The topological polar surface area (TPSA) is 41.6 Å². The predicted octanol–water partition coefficient (Wildman–Crippen LogP) is 3.16. The number of hydrogen-bond donors (Lipinski definition) is 1. The third kappa shape index (κ3) is 4.70. The molecule has 1 aromatic rings. The molecule has 3 rings (SSSR count). The molecule has 2 aliphatic rings. The first kappa shape index (κ1) is 18.6. The molecule has 1 aliphatic carbocycles. The van der Waals surface area contributed by atoms with Gasteiger partial charge in [-0.2, -0.15) is 11.8 Å². The zero-order valence-electron chi connectivity index (χ0n) is 15.5. The van der Waals surface area contributed by atoms with Crippen molar-refractivity contribution in [3.63, 3.8) is 0 Å². The molecule has 25 heavy (non-hydrogen) atoms. The molecular weight excluding hydrogens is 332 g/mol. The van der Waals surface area contributed by atoms with Crippen LogP contribution in [0, 0.1) is 13.8 Å². The molecule has 1 heterocycles. The maximum absolute atomic E-state index is 12.3. The van der Waals surface area contributed by atoms with Crippen molar-refractivity contribution in [2.75, 3.05) is 37.7 Å². The molecule has 5 heteroatoms. The van der Waals surface area contributed by atoms with Gasteiger partial charge in [0.15, 0.2) is 6.61 Å². The van der Waals surface area contributed by atoms with Crippen molar-refractivity contribution in [3.05, 3.63) is 29.3 Å². The number of carbonyl (C=O) groups excluding carboxylic acids is 1. The van der Waals surface area contributed by atoms with Gasteiger partial charge in [0.1, 0.15) is 5.75 Å². The Morgan fingerprint density at radius 3 is 2.64 bits per heavy atom. The van der Waals surface area contributed by atoms with Crippen LogP contribution in [0.15, 0.2) is 18.2 Å². The zero-order chi connectivity index (χ0) is 17.7. The van der Waals surface area contributed by atoms with E-state index in [4.69, 9.17) is 4.74 Å². The van der Waals surface area contributed by atoms with Gasteiger partial charge in [-0.3, -0.25) is 9.69 Å². The van der Waals surface area contributed by atoms with Crippen LogP contribution in [0.25, 0.3) is 0 Å². The van der Waals surface area contributed by atoms with Gasteiger partial charge >= 0.3 is 0 Å². The number of aryl methyl sites for hydroxylation is 2. The van der Waals surface area contributed by atoms with Gasteiger partial charge in [-0.05, 0) is 38.3 Å². The Labute approximate surface area is 155 Å². The standard InChI is InChI=1S/C20H30N2O2S/c1-16-5-6-18(17(2)13-16)24-14-19(23)21-15-20(7-3-4-8-20)22-9-11-25-12-10-22/h5-6,13H,3-4,7-12,14-15H2,1-2H3,(H,21,23). The number of nitrogens with zero attached hydrogens (tertiary/aromatic N) is 1.